The molecule has 0 unspecified atom stereocenters. The van der Waals surface area contributed by atoms with Gasteiger partial charge in [-0.3, -0.25) is 0 Å². The molecule has 0 atom stereocenters. The minimum atomic E-state index is 0.745. The lowest BCUT2D eigenvalue weighted by Crippen LogP contribution is -1.93. The Morgan fingerprint density at radius 2 is 1.41 bits per heavy atom. The van der Waals surface area contributed by atoms with E-state index in [-0.39, 0.29) is 0 Å². The molecule has 2 N–H and O–H groups in total. The van der Waals surface area contributed by atoms with Crippen molar-refractivity contribution in [3.05, 3.63) is 53.1 Å². The Hall–Kier alpha value is -1.96. The molecule has 0 aliphatic heterocycles. The topological polar surface area (TPSA) is 35.2 Å². The van der Waals surface area contributed by atoms with Gasteiger partial charge in [0.05, 0.1) is 0 Å². The Labute approximate surface area is 102 Å². The molecular weight excluding hydrogens is 210 g/mol. The van der Waals surface area contributed by atoms with Crippen LogP contribution in [0, 0.1) is 20.8 Å². The van der Waals surface area contributed by atoms with Crippen molar-refractivity contribution < 1.29 is 4.74 Å². The molecule has 0 spiro atoms. The van der Waals surface area contributed by atoms with Crippen LogP contribution in [0.3, 0.4) is 0 Å². The van der Waals surface area contributed by atoms with Crippen LogP contribution < -0.4 is 10.5 Å². The lowest BCUT2D eigenvalue weighted by atomic mass is 10.1. The minimum Gasteiger partial charge on any atom is -0.457 e. The predicted octanol–water partition coefficient (Wildman–Crippen LogP) is 3.99. The number of hydrogen-bond donors (Lipinski definition) is 1. The summed E-state index contributed by atoms with van der Waals surface area (Å²) in [7, 11) is 0. The standard InChI is InChI=1S/C15H17NO/c1-10-4-5-11(2)15(12(10)3)17-14-8-6-13(16)7-9-14/h4-9H,16H2,1-3H3. The Morgan fingerprint density at radius 1 is 0.824 bits per heavy atom. The van der Waals surface area contributed by atoms with Crippen LogP contribution in [0.15, 0.2) is 36.4 Å². The Kier molecular flexibility index (Phi) is 3.05. The Bertz CT molecular complexity index is 529. The van der Waals surface area contributed by atoms with Crippen LogP contribution in [0.25, 0.3) is 0 Å². The van der Waals surface area contributed by atoms with Gasteiger partial charge in [-0.15, -0.1) is 0 Å². The molecule has 0 saturated carbocycles. The van der Waals surface area contributed by atoms with Crippen LogP contribution in [0.4, 0.5) is 5.69 Å². The number of nitrogens with two attached hydrogens (primary N) is 1. The highest BCUT2D eigenvalue weighted by Gasteiger charge is 2.07. The number of nitrogen functional groups attached to an aromatic ring is 1. The highest BCUT2D eigenvalue weighted by Crippen LogP contribution is 2.30. The molecule has 0 amide bonds. The average molecular weight is 227 g/mol. The predicted molar refractivity (Wildman–Crippen MR) is 71.6 cm³/mol. The average Bonchev–Trinajstić information content (AvgIpc) is 2.32. The highest BCUT2D eigenvalue weighted by molar-refractivity contribution is 5.48. The number of rotatable bonds is 2. The van der Waals surface area contributed by atoms with Crippen molar-refractivity contribution in [3.63, 3.8) is 0 Å². The third-order valence-corrected chi connectivity index (χ3v) is 2.97. The van der Waals surface area contributed by atoms with Crippen molar-refractivity contribution in [2.75, 3.05) is 5.73 Å². The molecule has 0 aliphatic carbocycles. The summed E-state index contributed by atoms with van der Waals surface area (Å²) in [5.74, 6) is 1.76. The molecule has 0 aliphatic rings. The zero-order chi connectivity index (χ0) is 12.4. The summed E-state index contributed by atoms with van der Waals surface area (Å²) in [5.41, 5.74) is 9.96. The molecule has 0 saturated heterocycles. The van der Waals surface area contributed by atoms with Crippen molar-refractivity contribution in [2.45, 2.75) is 20.8 Å². The SMILES string of the molecule is Cc1ccc(C)c(Oc2ccc(N)cc2)c1C. The van der Waals surface area contributed by atoms with Crippen LogP contribution >= 0.6 is 0 Å². The smallest absolute Gasteiger partial charge is 0.133 e. The second kappa shape index (κ2) is 4.50. The summed E-state index contributed by atoms with van der Waals surface area (Å²) < 4.78 is 5.92. The third kappa shape index (κ3) is 2.41. The molecule has 17 heavy (non-hydrogen) atoms. The number of aryl methyl sites for hydroxylation is 2. The van der Waals surface area contributed by atoms with Gasteiger partial charge in [0.25, 0.3) is 0 Å². The number of ether oxygens (including phenoxy) is 1. The zero-order valence-corrected chi connectivity index (χ0v) is 10.4. The summed E-state index contributed by atoms with van der Waals surface area (Å²) in [6.07, 6.45) is 0. The molecule has 2 aromatic rings. The number of benzene rings is 2. The fourth-order valence-corrected chi connectivity index (χ4v) is 1.74. The fourth-order valence-electron chi connectivity index (χ4n) is 1.74. The summed E-state index contributed by atoms with van der Waals surface area (Å²) in [6.45, 7) is 6.22. The van der Waals surface area contributed by atoms with E-state index < -0.39 is 0 Å². The van der Waals surface area contributed by atoms with Crippen LogP contribution in [0.2, 0.25) is 0 Å². The number of hydrogen-bond acceptors (Lipinski definition) is 2. The van der Waals surface area contributed by atoms with E-state index in [1.54, 1.807) is 0 Å². The van der Waals surface area contributed by atoms with Crippen LogP contribution in [-0.4, -0.2) is 0 Å². The second-order valence-corrected chi connectivity index (χ2v) is 4.32. The van der Waals surface area contributed by atoms with E-state index in [0.29, 0.717) is 0 Å². The third-order valence-electron chi connectivity index (χ3n) is 2.97. The van der Waals surface area contributed by atoms with E-state index in [0.717, 1.165) is 22.7 Å². The van der Waals surface area contributed by atoms with E-state index in [4.69, 9.17) is 10.5 Å². The molecule has 88 valence electrons. The van der Waals surface area contributed by atoms with Gasteiger partial charge in [-0.2, -0.15) is 0 Å². The molecule has 0 heterocycles. The normalized spacial score (nSPS) is 10.3. The molecule has 0 aromatic heterocycles. The summed E-state index contributed by atoms with van der Waals surface area (Å²) >= 11 is 0. The monoisotopic (exact) mass is 227 g/mol. The van der Waals surface area contributed by atoms with E-state index in [2.05, 4.69) is 32.9 Å². The van der Waals surface area contributed by atoms with Crippen LogP contribution in [-0.2, 0) is 0 Å². The van der Waals surface area contributed by atoms with Gasteiger partial charge >= 0.3 is 0 Å². The van der Waals surface area contributed by atoms with E-state index >= 15 is 0 Å². The van der Waals surface area contributed by atoms with Gasteiger partial charge in [-0.05, 0) is 61.7 Å². The molecule has 0 radical (unpaired) electrons. The first-order chi connectivity index (χ1) is 8.08. The van der Waals surface area contributed by atoms with Gasteiger partial charge in [-0.1, -0.05) is 12.1 Å². The first-order valence-electron chi connectivity index (χ1n) is 5.68. The van der Waals surface area contributed by atoms with E-state index in [9.17, 15) is 0 Å². The molecule has 0 fully saturated rings. The van der Waals surface area contributed by atoms with Crippen LogP contribution in [0.1, 0.15) is 16.7 Å². The molecule has 2 nitrogen and oxygen atoms in total. The quantitative estimate of drug-likeness (QED) is 0.787. The zero-order valence-electron chi connectivity index (χ0n) is 10.4. The van der Waals surface area contributed by atoms with Crippen molar-refractivity contribution in [1.29, 1.82) is 0 Å². The minimum absolute atomic E-state index is 0.745. The molecule has 0 bridgehead atoms. The van der Waals surface area contributed by atoms with Crippen molar-refractivity contribution in [3.8, 4) is 11.5 Å². The highest BCUT2D eigenvalue weighted by atomic mass is 16.5. The first-order valence-corrected chi connectivity index (χ1v) is 5.68. The maximum atomic E-state index is 5.92. The van der Waals surface area contributed by atoms with Gasteiger partial charge in [0.15, 0.2) is 0 Å². The van der Waals surface area contributed by atoms with Crippen LogP contribution in [0.5, 0.6) is 11.5 Å². The maximum absolute atomic E-state index is 5.92. The Balaban J connectivity index is 2.36. The van der Waals surface area contributed by atoms with Crippen molar-refractivity contribution in [1.82, 2.24) is 0 Å². The first kappa shape index (κ1) is 11.5. The summed E-state index contributed by atoms with van der Waals surface area (Å²) in [5, 5.41) is 0. The lowest BCUT2D eigenvalue weighted by molar-refractivity contribution is 0.474. The molecular formula is C15H17NO. The van der Waals surface area contributed by atoms with Gasteiger partial charge in [0.2, 0.25) is 0 Å². The van der Waals surface area contributed by atoms with Gasteiger partial charge in [0, 0.05) is 5.69 Å². The van der Waals surface area contributed by atoms with Gasteiger partial charge in [-0.25, -0.2) is 0 Å². The molecule has 2 heteroatoms. The lowest BCUT2D eigenvalue weighted by Gasteiger charge is -2.13. The van der Waals surface area contributed by atoms with E-state index in [1.807, 2.05) is 24.3 Å². The van der Waals surface area contributed by atoms with Crippen molar-refractivity contribution >= 4 is 5.69 Å². The van der Waals surface area contributed by atoms with Gasteiger partial charge < -0.3 is 10.5 Å². The molecule has 2 rings (SSSR count). The van der Waals surface area contributed by atoms with E-state index in [1.165, 1.54) is 11.1 Å². The fraction of sp³-hybridized carbons (Fsp3) is 0.200. The maximum Gasteiger partial charge on any atom is 0.133 e. The second-order valence-electron chi connectivity index (χ2n) is 4.32. The summed E-state index contributed by atoms with van der Waals surface area (Å²) in [6, 6.07) is 11.6. The largest absolute Gasteiger partial charge is 0.457 e. The molecule has 2 aromatic carbocycles. The van der Waals surface area contributed by atoms with Crippen molar-refractivity contribution in [2.24, 2.45) is 0 Å². The summed E-state index contributed by atoms with van der Waals surface area (Å²) in [4.78, 5) is 0. The Morgan fingerprint density at radius 3 is 2.06 bits per heavy atom. The van der Waals surface area contributed by atoms with Gasteiger partial charge in [0.1, 0.15) is 11.5 Å². The number of anilines is 1.